The molecule has 1 aromatic rings. The van der Waals surface area contributed by atoms with Gasteiger partial charge in [0, 0.05) is 5.56 Å². The Balaban J connectivity index is 2.27. The Morgan fingerprint density at radius 3 is 2.50 bits per heavy atom. The fourth-order valence-electron chi connectivity index (χ4n) is 1.72. The summed E-state index contributed by atoms with van der Waals surface area (Å²) in [5, 5.41) is 8.83. The molecular weight excluding hydrogens is 238 g/mol. The Bertz CT molecular complexity index is 498. The van der Waals surface area contributed by atoms with E-state index in [1.807, 2.05) is 0 Å². The molecule has 6 nitrogen and oxygen atoms in total. The number of carbonyl (C=O) groups excluding carboxylic acids is 2. The Hall–Kier alpha value is -2.37. The molecule has 1 saturated heterocycles. The maximum Gasteiger partial charge on any atom is 0.418 e. The van der Waals surface area contributed by atoms with Crippen molar-refractivity contribution in [1.29, 1.82) is 0 Å². The monoisotopic (exact) mass is 249 g/mol. The molecule has 2 amide bonds. The minimum atomic E-state index is -1.26. The highest BCUT2D eigenvalue weighted by Crippen LogP contribution is 2.28. The molecule has 2 unspecified atom stereocenters. The number of amides is 2. The predicted molar refractivity (Wildman–Crippen MR) is 59.6 cm³/mol. The minimum Gasteiger partial charge on any atom is -0.480 e. The number of ether oxygens (including phenoxy) is 1. The Morgan fingerprint density at radius 2 is 1.94 bits per heavy atom. The van der Waals surface area contributed by atoms with E-state index in [-0.39, 0.29) is 0 Å². The molecule has 0 bridgehead atoms. The number of hydrogen-bond donors (Lipinski definition) is 1. The van der Waals surface area contributed by atoms with E-state index in [1.165, 1.54) is 6.92 Å². The molecule has 0 aromatic heterocycles. The summed E-state index contributed by atoms with van der Waals surface area (Å²) in [6.45, 7) is 1.26. The summed E-state index contributed by atoms with van der Waals surface area (Å²) in [7, 11) is 0. The maximum absolute atomic E-state index is 12.0. The van der Waals surface area contributed by atoms with E-state index in [4.69, 9.17) is 9.84 Å². The van der Waals surface area contributed by atoms with Crippen molar-refractivity contribution in [2.24, 2.45) is 0 Å². The fourth-order valence-corrected chi connectivity index (χ4v) is 1.72. The molecule has 6 heteroatoms. The van der Waals surface area contributed by atoms with Gasteiger partial charge in [0.25, 0.3) is 5.91 Å². The summed E-state index contributed by atoms with van der Waals surface area (Å²) < 4.78 is 4.92. The van der Waals surface area contributed by atoms with Crippen LogP contribution in [0.3, 0.4) is 0 Å². The summed E-state index contributed by atoms with van der Waals surface area (Å²) in [6, 6.07) is 7.23. The van der Waals surface area contributed by atoms with Gasteiger partial charge in [0.15, 0.2) is 0 Å². The fraction of sp³-hybridized carbons (Fsp3) is 0.250. The maximum atomic E-state index is 12.0. The van der Waals surface area contributed by atoms with Crippen LogP contribution in [-0.4, -0.2) is 34.0 Å². The number of cyclic esters (lactones) is 1. The Kier molecular flexibility index (Phi) is 3.01. The lowest BCUT2D eigenvalue weighted by Gasteiger charge is -2.15. The predicted octanol–water partition coefficient (Wildman–Crippen LogP) is 1.18. The summed E-state index contributed by atoms with van der Waals surface area (Å²) in [5.41, 5.74) is 0.524. The van der Waals surface area contributed by atoms with Gasteiger partial charge in [-0.1, -0.05) is 30.3 Å². The van der Waals surface area contributed by atoms with Gasteiger partial charge in [-0.15, -0.1) is 0 Å². The van der Waals surface area contributed by atoms with E-state index in [0.29, 0.717) is 10.5 Å². The highest BCUT2D eigenvalue weighted by Gasteiger charge is 2.45. The summed E-state index contributed by atoms with van der Waals surface area (Å²) in [5.74, 6) is -1.91. The van der Waals surface area contributed by atoms with Crippen LogP contribution in [0.2, 0.25) is 0 Å². The third-order valence-electron chi connectivity index (χ3n) is 2.72. The largest absolute Gasteiger partial charge is 0.480 e. The molecule has 0 spiro atoms. The van der Waals surface area contributed by atoms with E-state index < -0.39 is 30.1 Å². The van der Waals surface area contributed by atoms with Crippen molar-refractivity contribution in [3.8, 4) is 0 Å². The third kappa shape index (κ3) is 1.92. The van der Waals surface area contributed by atoms with Crippen molar-refractivity contribution in [2.45, 2.75) is 19.1 Å². The highest BCUT2D eigenvalue weighted by molar-refractivity contribution is 6.03. The number of hydrogen-bond acceptors (Lipinski definition) is 4. The van der Waals surface area contributed by atoms with Crippen molar-refractivity contribution in [3.63, 3.8) is 0 Å². The molecule has 1 N–H and O–H groups in total. The van der Waals surface area contributed by atoms with Crippen LogP contribution < -0.4 is 0 Å². The molecule has 1 aliphatic heterocycles. The zero-order valence-corrected chi connectivity index (χ0v) is 9.57. The molecule has 0 aliphatic carbocycles. The summed E-state index contributed by atoms with van der Waals surface area (Å²) in [6.07, 6.45) is -1.98. The molecule has 94 valence electrons. The molecule has 1 heterocycles. The molecule has 18 heavy (non-hydrogen) atoms. The SMILES string of the molecule is CC(C(=O)O)N1C(=O)OC(c2ccccc2)C1=O. The van der Waals surface area contributed by atoms with Crippen molar-refractivity contribution >= 4 is 18.0 Å². The second-order valence-electron chi connectivity index (χ2n) is 3.90. The molecule has 1 aliphatic rings. The van der Waals surface area contributed by atoms with Crippen LogP contribution >= 0.6 is 0 Å². The van der Waals surface area contributed by atoms with E-state index >= 15 is 0 Å². The van der Waals surface area contributed by atoms with Crippen LogP contribution in [0.5, 0.6) is 0 Å². The molecule has 1 aromatic carbocycles. The lowest BCUT2D eigenvalue weighted by molar-refractivity contribution is -0.146. The number of carboxylic acids is 1. The molecule has 0 radical (unpaired) electrons. The number of carbonyl (C=O) groups is 3. The van der Waals surface area contributed by atoms with Gasteiger partial charge in [-0.05, 0) is 6.92 Å². The second kappa shape index (κ2) is 4.48. The first-order valence-electron chi connectivity index (χ1n) is 5.34. The summed E-state index contributed by atoms with van der Waals surface area (Å²) in [4.78, 5) is 35.0. The van der Waals surface area contributed by atoms with Crippen LogP contribution in [0.15, 0.2) is 30.3 Å². The highest BCUT2D eigenvalue weighted by atomic mass is 16.6. The molecule has 0 saturated carbocycles. The van der Waals surface area contributed by atoms with Crippen LogP contribution in [0.1, 0.15) is 18.6 Å². The van der Waals surface area contributed by atoms with Gasteiger partial charge in [0.1, 0.15) is 6.04 Å². The van der Waals surface area contributed by atoms with Crippen molar-refractivity contribution < 1.29 is 24.2 Å². The Labute approximate surface area is 103 Å². The molecule has 2 atom stereocenters. The normalized spacial score (nSPS) is 20.7. The van der Waals surface area contributed by atoms with Gasteiger partial charge in [0.2, 0.25) is 6.10 Å². The molecular formula is C12H11NO5. The van der Waals surface area contributed by atoms with Crippen LogP contribution in [0.25, 0.3) is 0 Å². The topological polar surface area (TPSA) is 83.9 Å². The van der Waals surface area contributed by atoms with Crippen molar-refractivity contribution in [3.05, 3.63) is 35.9 Å². The van der Waals surface area contributed by atoms with E-state index in [9.17, 15) is 14.4 Å². The van der Waals surface area contributed by atoms with Crippen LogP contribution in [0.4, 0.5) is 4.79 Å². The number of carboxylic acid groups (broad SMARTS) is 1. The quantitative estimate of drug-likeness (QED) is 0.869. The van der Waals surface area contributed by atoms with Gasteiger partial charge < -0.3 is 9.84 Å². The van der Waals surface area contributed by atoms with Gasteiger partial charge in [-0.25, -0.2) is 14.5 Å². The number of aliphatic carboxylic acids is 1. The molecule has 1 fully saturated rings. The first kappa shape index (κ1) is 12.1. The smallest absolute Gasteiger partial charge is 0.418 e. The van der Waals surface area contributed by atoms with E-state index in [2.05, 4.69) is 0 Å². The number of rotatable bonds is 3. The first-order chi connectivity index (χ1) is 8.52. The second-order valence-corrected chi connectivity index (χ2v) is 3.90. The lowest BCUT2D eigenvalue weighted by atomic mass is 10.1. The first-order valence-corrected chi connectivity index (χ1v) is 5.34. The third-order valence-corrected chi connectivity index (χ3v) is 2.72. The van der Waals surface area contributed by atoms with Crippen molar-refractivity contribution in [1.82, 2.24) is 4.90 Å². The van der Waals surface area contributed by atoms with E-state index in [1.54, 1.807) is 30.3 Å². The molecule has 2 rings (SSSR count). The van der Waals surface area contributed by atoms with Crippen LogP contribution in [0, 0.1) is 0 Å². The zero-order valence-electron chi connectivity index (χ0n) is 9.57. The Morgan fingerprint density at radius 1 is 1.33 bits per heavy atom. The van der Waals surface area contributed by atoms with Gasteiger partial charge in [-0.2, -0.15) is 0 Å². The average Bonchev–Trinajstić information content (AvgIpc) is 2.65. The summed E-state index contributed by atoms with van der Waals surface area (Å²) >= 11 is 0. The van der Waals surface area contributed by atoms with E-state index in [0.717, 1.165) is 0 Å². The number of benzene rings is 1. The zero-order chi connectivity index (χ0) is 13.3. The van der Waals surface area contributed by atoms with Gasteiger partial charge in [0.05, 0.1) is 0 Å². The van der Waals surface area contributed by atoms with Gasteiger partial charge >= 0.3 is 12.1 Å². The average molecular weight is 249 g/mol. The standard InChI is InChI=1S/C12H11NO5/c1-7(11(15)16)13-10(14)9(18-12(13)17)8-5-3-2-4-6-8/h2-7,9H,1H3,(H,15,16). The minimum absolute atomic E-state index is 0.524. The van der Waals surface area contributed by atoms with Gasteiger partial charge in [-0.3, -0.25) is 4.79 Å². The lowest BCUT2D eigenvalue weighted by Crippen LogP contribution is -2.42. The number of nitrogens with zero attached hydrogens (tertiary/aromatic N) is 1. The van der Waals surface area contributed by atoms with Crippen molar-refractivity contribution in [2.75, 3.05) is 0 Å². The number of imide groups is 1. The van der Waals surface area contributed by atoms with Crippen LogP contribution in [-0.2, 0) is 14.3 Å².